The summed E-state index contributed by atoms with van der Waals surface area (Å²) in [5.41, 5.74) is 8.92. The van der Waals surface area contributed by atoms with Crippen molar-refractivity contribution >= 4 is 17.4 Å². The minimum Gasteiger partial charge on any atom is -0.383 e. The van der Waals surface area contributed by atoms with Crippen LogP contribution >= 0.6 is 0 Å². The number of nitrogens with zero attached hydrogens (tertiary/aromatic N) is 4. The first-order chi connectivity index (χ1) is 9.58. The average molecular weight is 271 g/mol. The van der Waals surface area contributed by atoms with Gasteiger partial charge < -0.3 is 5.73 Å². The summed E-state index contributed by atoms with van der Waals surface area (Å²) in [6.07, 6.45) is 2.32. The Kier molecular flexibility index (Phi) is 2.85. The number of hydrazine groups is 1. The molecule has 20 heavy (non-hydrogen) atoms. The first kappa shape index (κ1) is 12.5. The van der Waals surface area contributed by atoms with Crippen LogP contribution in [0.5, 0.6) is 0 Å². The molecule has 1 aromatic carbocycles. The van der Waals surface area contributed by atoms with Crippen molar-refractivity contribution in [1.29, 1.82) is 0 Å². The van der Waals surface area contributed by atoms with Crippen molar-refractivity contribution in [2.75, 3.05) is 24.3 Å². The smallest absolute Gasteiger partial charge is 0.242 e. The molecule has 1 aromatic heterocycles. The summed E-state index contributed by atoms with van der Waals surface area (Å²) in [5.74, 6) is 0.789. The minimum absolute atomic E-state index is 0.144. The number of rotatable bonds is 2. The van der Waals surface area contributed by atoms with Gasteiger partial charge in [0.2, 0.25) is 5.91 Å². The van der Waals surface area contributed by atoms with E-state index in [4.69, 9.17) is 5.73 Å². The molecule has 6 nitrogen and oxygen atoms in total. The molecule has 1 aliphatic heterocycles. The lowest BCUT2D eigenvalue weighted by molar-refractivity contribution is -0.126. The molecule has 0 aliphatic carbocycles. The molecule has 0 unspecified atom stereocenters. The van der Waals surface area contributed by atoms with Crippen LogP contribution in [0.1, 0.15) is 6.42 Å². The third-order valence-electron chi connectivity index (χ3n) is 3.72. The lowest BCUT2D eigenvalue weighted by atomic mass is 10.1. The summed E-state index contributed by atoms with van der Waals surface area (Å²) in [7, 11) is 3.61. The van der Waals surface area contributed by atoms with Crippen LogP contribution in [0.2, 0.25) is 0 Å². The molecule has 6 heteroatoms. The Morgan fingerprint density at radius 1 is 1.20 bits per heavy atom. The van der Waals surface area contributed by atoms with Crippen LogP contribution < -0.4 is 10.7 Å². The minimum atomic E-state index is 0.144. The third-order valence-corrected chi connectivity index (χ3v) is 3.72. The molecular formula is C14H17N5O. The van der Waals surface area contributed by atoms with Crippen LogP contribution in [0.3, 0.4) is 0 Å². The van der Waals surface area contributed by atoms with Crippen LogP contribution in [0.4, 0.5) is 11.5 Å². The number of carbonyl (C=O) groups is 1. The topological polar surface area (TPSA) is 67.4 Å². The molecule has 0 saturated carbocycles. The zero-order chi connectivity index (χ0) is 14.3. The van der Waals surface area contributed by atoms with E-state index in [9.17, 15) is 4.79 Å². The van der Waals surface area contributed by atoms with Gasteiger partial charge in [-0.2, -0.15) is 5.10 Å². The van der Waals surface area contributed by atoms with Gasteiger partial charge in [-0.25, -0.2) is 0 Å². The Morgan fingerprint density at radius 3 is 2.40 bits per heavy atom. The van der Waals surface area contributed by atoms with Gasteiger partial charge in [0.15, 0.2) is 0 Å². The maximum Gasteiger partial charge on any atom is 0.242 e. The van der Waals surface area contributed by atoms with Gasteiger partial charge >= 0.3 is 0 Å². The van der Waals surface area contributed by atoms with Crippen molar-refractivity contribution < 1.29 is 4.79 Å². The number of nitrogen functional groups attached to an aromatic ring is 1. The number of hydrogen-bond acceptors (Lipinski definition) is 4. The average Bonchev–Trinajstić information content (AvgIpc) is 2.96. The second-order valence-corrected chi connectivity index (χ2v) is 4.90. The van der Waals surface area contributed by atoms with Gasteiger partial charge in [0.05, 0.1) is 11.9 Å². The zero-order valence-corrected chi connectivity index (χ0v) is 11.6. The summed E-state index contributed by atoms with van der Waals surface area (Å²) in [6.45, 7) is 0.726. The highest BCUT2D eigenvalue weighted by Gasteiger charge is 2.25. The highest BCUT2D eigenvalue weighted by molar-refractivity contribution is 5.82. The molecular weight excluding hydrogens is 254 g/mol. The summed E-state index contributed by atoms with van der Waals surface area (Å²) in [6, 6.07) is 7.99. The molecule has 1 saturated heterocycles. The quantitative estimate of drug-likeness (QED) is 0.892. The largest absolute Gasteiger partial charge is 0.383 e. The molecule has 0 spiro atoms. The number of benzene rings is 1. The normalized spacial score (nSPS) is 15.2. The van der Waals surface area contributed by atoms with Crippen molar-refractivity contribution in [3.63, 3.8) is 0 Å². The molecule has 1 aliphatic rings. The maximum atomic E-state index is 11.6. The van der Waals surface area contributed by atoms with Crippen LogP contribution in [0.15, 0.2) is 30.5 Å². The predicted molar refractivity (Wildman–Crippen MR) is 77.8 cm³/mol. The van der Waals surface area contributed by atoms with Gasteiger partial charge in [-0.05, 0) is 17.7 Å². The van der Waals surface area contributed by atoms with E-state index >= 15 is 0 Å². The molecule has 2 N–H and O–H groups in total. The number of nitrogens with two attached hydrogens (primary N) is 1. The Hall–Kier alpha value is -2.50. The summed E-state index contributed by atoms with van der Waals surface area (Å²) >= 11 is 0. The van der Waals surface area contributed by atoms with Crippen molar-refractivity contribution in [1.82, 2.24) is 14.8 Å². The number of aryl methyl sites for hydroxylation is 1. The number of hydrogen-bond donors (Lipinski definition) is 1. The van der Waals surface area contributed by atoms with Crippen LogP contribution in [0.25, 0.3) is 11.1 Å². The van der Waals surface area contributed by atoms with E-state index in [0.29, 0.717) is 12.2 Å². The van der Waals surface area contributed by atoms with Gasteiger partial charge in [-0.1, -0.05) is 12.1 Å². The number of amides is 1. The molecule has 2 aromatic rings. The fourth-order valence-electron chi connectivity index (χ4n) is 2.43. The van der Waals surface area contributed by atoms with E-state index in [1.807, 2.05) is 36.3 Å². The van der Waals surface area contributed by atoms with Gasteiger partial charge in [0.1, 0.15) is 5.82 Å². The van der Waals surface area contributed by atoms with Gasteiger partial charge in [0.25, 0.3) is 0 Å². The third kappa shape index (κ3) is 1.89. The Bertz CT molecular complexity index is 646. The molecule has 1 amide bonds. The first-order valence-electron chi connectivity index (χ1n) is 6.50. The SMILES string of the molecule is CN1C(=O)CCN1c1ccc(-c2cnn(C)c2N)cc1. The van der Waals surface area contributed by atoms with Gasteiger partial charge in [-0.15, -0.1) is 0 Å². The Labute approximate surface area is 117 Å². The summed E-state index contributed by atoms with van der Waals surface area (Å²) in [4.78, 5) is 11.6. The molecule has 2 heterocycles. The first-order valence-corrected chi connectivity index (χ1v) is 6.50. The number of anilines is 2. The maximum absolute atomic E-state index is 11.6. The van der Waals surface area contributed by atoms with Crippen LogP contribution in [-0.2, 0) is 11.8 Å². The van der Waals surface area contributed by atoms with Crippen LogP contribution in [0, 0.1) is 0 Å². The lowest BCUT2D eigenvalue weighted by Gasteiger charge is -2.26. The van der Waals surface area contributed by atoms with E-state index < -0.39 is 0 Å². The van der Waals surface area contributed by atoms with Crippen molar-refractivity contribution in [2.24, 2.45) is 7.05 Å². The van der Waals surface area contributed by atoms with E-state index in [2.05, 4.69) is 5.10 Å². The lowest BCUT2D eigenvalue weighted by Crippen LogP contribution is -2.35. The zero-order valence-electron chi connectivity index (χ0n) is 11.6. The van der Waals surface area contributed by atoms with Crippen molar-refractivity contribution in [3.8, 4) is 11.1 Å². The Morgan fingerprint density at radius 2 is 1.90 bits per heavy atom. The fourth-order valence-corrected chi connectivity index (χ4v) is 2.43. The molecule has 0 bridgehead atoms. The standard InChI is InChI=1S/C14H17N5O/c1-17-14(15)12(9-16-17)10-3-5-11(6-4-10)19-8-7-13(20)18(19)2/h3-6,9H,7-8,15H2,1-2H3. The molecule has 104 valence electrons. The Balaban J connectivity index is 1.88. The van der Waals surface area contributed by atoms with Crippen molar-refractivity contribution in [3.05, 3.63) is 30.5 Å². The second-order valence-electron chi connectivity index (χ2n) is 4.90. The number of carbonyl (C=O) groups excluding carboxylic acids is 1. The van der Waals surface area contributed by atoms with Crippen LogP contribution in [-0.4, -0.2) is 34.3 Å². The summed E-state index contributed by atoms with van der Waals surface area (Å²) < 4.78 is 1.65. The fraction of sp³-hybridized carbons (Fsp3) is 0.286. The van der Waals surface area contributed by atoms with E-state index in [0.717, 1.165) is 23.4 Å². The number of aromatic nitrogens is 2. The second kappa shape index (κ2) is 4.56. The van der Waals surface area contributed by atoms with Gasteiger partial charge in [-0.3, -0.25) is 19.5 Å². The molecule has 3 rings (SSSR count). The van der Waals surface area contributed by atoms with Gasteiger partial charge in [0, 0.05) is 32.6 Å². The summed E-state index contributed by atoms with van der Waals surface area (Å²) in [5, 5.41) is 7.77. The van der Waals surface area contributed by atoms with E-state index in [-0.39, 0.29) is 5.91 Å². The highest BCUT2D eigenvalue weighted by Crippen LogP contribution is 2.28. The molecule has 0 radical (unpaired) electrons. The van der Waals surface area contributed by atoms with E-state index in [1.54, 1.807) is 22.9 Å². The monoisotopic (exact) mass is 271 g/mol. The molecule has 0 atom stereocenters. The van der Waals surface area contributed by atoms with E-state index in [1.165, 1.54) is 0 Å². The molecule has 1 fully saturated rings. The highest BCUT2D eigenvalue weighted by atomic mass is 16.2. The van der Waals surface area contributed by atoms with Crippen molar-refractivity contribution in [2.45, 2.75) is 6.42 Å². The predicted octanol–water partition coefficient (Wildman–Crippen LogP) is 1.25.